The summed E-state index contributed by atoms with van der Waals surface area (Å²) in [7, 11) is 0. The largest absolute Gasteiger partial charge is 0.123 e. The Kier molecular flexibility index (Phi) is 4.07. The lowest BCUT2D eigenvalue weighted by Crippen LogP contribution is -1.94. The zero-order valence-corrected chi connectivity index (χ0v) is 8.29. The lowest BCUT2D eigenvalue weighted by molar-refractivity contribution is 1.63. The van der Waals surface area contributed by atoms with E-state index in [1.807, 2.05) is 0 Å². The van der Waals surface area contributed by atoms with E-state index in [1.54, 1.807) is 34.6 Å². The SMILES string of the molecule is ClC=C1CSC(=CCl)CS1. The maximum atomic E-state index is 5.52. The lowest BCUT2D eigenvalue weighted by atomic mass is 10.7. The molecule has 1 fully saturated rings. The van der Waals surface area contributed by atoms with Gasteiger partial charge in [0, 0.05) is 32.4 Å². The number of thioether (sulfide) groups is 2. The average Bonchev–Trinajstić information content (AvgIpc) is 2.05. The van der Waals surface area contributed by atoms with Crippen LogP contribution in [0.25, 0.3) is 0 Å². The lowest BCUT2D eigenvalue weighted by Gasteiger charge is -2.13. The van der Waals surface area contributed by atoms with Crippen molar-refractivity contribution in [3.63, 3.8) is 0 Å². The summed E-state index contributed by atoms with van der Waals surface area (Å²) in [4.78, 5) is 2.46. The first-order chi connectivity index (χ1) is 4.86. The summed E-state index contributed by atoms with van der Waals surface area (Å²) in [6.45, 7) is 0. The second-order valence-electron chi connectivity index (χ2n) is 1.73. The van der Waals surface area contributed by atoms with Crippen LogP contribution in [0, 0.1) is 0 Å². The van der Waals surface area contributed by atoms with Gasteiger partial charge >= 0.3 is 0 Å². The van der Waals surface area contributed by atoms with Gasteiger partial charge in [-0.3, -0.25) is 0 Å². The highest BCUT2D eigenvalue weighted by Gasteiger charge is 2.09. The molecule has 56 valence electrons. The number of halogens is 2. The summed E-state index contributed by atoms with van der Waals surface area (Å²) in [5.74, 6) is 1.93. The number of hydrogen-bond acceptors (Lipinski definition) is 2. The molecule has 4 heteroatoms. The third kappa shape index (κ3) is 2.42. The number of rotatable bonds is 0. The summed E-state index contributed by atoms with van der Waals surface area (Å²) >= 11 is 14.5. The van der Waals surface area contributed by atoms with Crippen LogP contribution in [0.4, 0.5) is 0 Å². The van der Waals surface area contributed by atoms with Gasteiger partial charge < -0.3 is 0 Å². The second-order valence-corrected chi connectivity index (χ2v) is 4.37. The molecule has 1 heterocycles. The minimum Gasteiger partial charge on any atom is -0.123 e. The molecule has 0 aromatic rings. The van der Waals surface area contributed by atoms with Gasteiger partial charge in [-0.1, -0.05) is 23.2 Å². The normalized spacial score (nSPS) is 27.8. The first-order valence-corrected chi connectivity index (χ1v) is 5.55. The molecule has 0 atom stereocenters. The second kappa shape index (κ2) is 4.60. The molecule has 0 aromatic carbocycles. The summed E-state index contributed by atoms with van der Waals surface area (Å²) in [6, 6.07) is 0. The van der Waals surface area contributed by atoms with Crippen molar-refractivity contribution in [1.29, 1.82) is 0 Å². The summed E-state index contributed by atoms with van der Waals surface area (Å²) in [5, 5.41) is 0. The Balaban J connectivity index is 2.46. The van der Waals surface area contributed by atoms with Crippen LogP contribution in [-0.2, 0) is 0 Å². The Bertz CT molecular complexity index is 143. The monoisotopic (exact) mass is 212 g/mol. The van der Waals surface area contributed by atoms with Crippen molar-refractivity contribution in [3.8, 4) is 0 Å². The molecule has 0 aromatic heterocycles. The van der Waals surface area contributed by atoms with Gasteiger partial charge in [0.1, 0.15) is 0 Å². The molecule has 1 aliphatic heterocycles. The van der Waals surface area contributed by atoms with E-state index in [0.29, 0.717) is 0 Å². The van der Waals surface area contributed by atoms with Crippen LogP contribution in [0.2, 0.25) is 0 Å². The Labute approximate surface area is 79.0 Å². The fourth-order valence-corrected chi connectivity index (χ4v) is 3.22. The molecule has 10 heavy (non-hydrogen) atoms. The van der Waals surface area contributed by atoms with Crippen molar-refractivity contribution in [3.05, 3.63) is 20.9 Å². The molecule has 1 rings (SSSR count). The first kappa shape index (κ1) is 8.85. The van der Waals surface area contributed by atoms with Crippen LogP contribution >= 0.6 is 46.7 Å². The van der Waals surface area contributed by atoms with Gasteiger partial charge in [0.2, 0.25) is 0 Å². The molecule has 1 saturated heterocycles. The predicted molar refractivity (Wildman–Crippen MR) is 52.8 cm³/mol. The van der Waals surface area contributed by atoms with Crippen LogP contribution in [0.3, 0.4) is 0 Å². The predicted octanol–water partition coefficient (Wildman–Crippen LogP) is 3.63. The van der Waals surface area contributed by atoms with E-state index in [1.165, 1.54) is 9.81 Å². The highest BCUT2D eigenvalue weighted by Crippen LogP contribution is 2.35. The van der Waals surface area contributed by atoms with Crippen molar-refractivity contribution < 1.29 is 0 Å². The van der Waals surface area contributed by atoms with E-state index < -0.39 is 0 Å². The molecule has 0 unspecified atom stereocenters. The maximum absolute atomic E-state index is 5.52. The zero-order chi connectivity index (χ0) is 7.40. The molecule has 0 radical (unpaired) electrons. The van der Waals surface area contributed by atoms with E-state index in [0.717, 1.165) is 11.5 Å². The highest BCUT2D eigenvalue weighted by atomic mass is 35.5. The molecular weight excluding hydrogens is 207 g/mol. The third-order valence-corrected chi connectivity index (χ3v) is 4.37. The standard InChI is InChI=1S/C6H6Cl2S2/c7-1-5-3-10-6(2-8)4-9-5/h1-2H,3-4H2. The van der Waals surface area contributed by atoms with Crippen molar-refractivity contribution in [2.75, 3.05) is 11.5 Å². The topological polar surface area (TPSA) is 0 Å². The smallest absolute Gasteiger partial charge is 0.0298 e. The van der Waals surface area contributed by atoms with Gasteiger partial charge in [0.05, 0.1) is 0 Å². The fraction of sp³-hybridized carbons (Fsp3) is 0.333. The van der Waals surface area contributed by atoms with E-state index in [9.17, 15) is 0 Å². The first-order valence-electron chi connectivity index (χ1n) is 2.71. The summed E-state index contributed by atoms with van der Waals surface area (Å²) < 4.78 is 0. The Morgan fingerprint density at radius 2 is 1.40 bits per heavy atom. The Hall–Kier alpha value is 0.760. The van der Waals surface area contributed by atoms with Crippen LogP contribution in [0.5, 0.6) is 0 Å². The van der Waals surface area contributed by atoms with E-state index in [2.05, 4.69) is 0 Å². The van der Waals surface area contributed by atoms with Crippen LogP contribution in [-0.4, -0.2) is 11.5 Å². The van der Waals surface area contributed by atoms with Crippen LogP contribution in [0.1, 0.15) is 0 Å². The average molecular weight is 213 g/mol. The molecule has 0 N–H and O–H groups in total. The molecule has 0 amide bonds. The third-order valence-electron chi connectivity index (χ3n) is 1.04. The molecule has 0 saturated carbocycles. The van der Waals surface area contributed by atoms with Gasteiger partial charge in [-0.2, -0.15) is 0 Å². The van der Waals surface area contributed by atoms with Crippen LogP contribution < -0.4 is 0 Å². The zero-order valence-electron chi connectivity index (χ0n) is 5.14. The van der Waals surface area contributed by atoms with E-state index in [-0.39, 0.29) is 0 Å². The van der Waals surface area contributed by atoms with Crippen LogP contribution in [0.15, 0.2) is 20.9 Å². The molecule has 0 nitrogen and oxygen atoms in total. The van der Waals surface area contributed by atoms with Crippen molar-refractivity contribution >= 4 is 46.7 Å². The molecule has 0 bridgehead atoms. The highest BCUT2D eigenvalue weighted by molar-refractivity contribution is 8.11. The van der Waals surface area contributed by atoms with Gasteiger partial charge in [-0.25, -0.2) is 0 Å². The van der Waals surface area contributed by atoms with Crippen molar-refractivity contribution in [2.45, 2.75) is 0 Å². The quantitative estimate of drug-likeness (QED) is 0.602. The van der Waals surface area contributed by atoms with Crippen molar-refractivity contribution in [2.24, 2.45) is 0 Å². The minimum atomic E-state index is 0.965. The minimum absolute atomic E-state index is 0.965. The van der Waals surface area contributed by atoms with Gasteiger partial charge in [-0.15, -0.1) is 23.5 Å². The molecule has 0 aliphatic carbocycles. The summed E-state index contributed by atoms with van der Waals surface area (Å²) in [6.07, 6.45) is 0. The van der Waals surface area contributed by atoms with E-state index >= 15 is 0 Å². The number of hydrogen-bond donors (Lipinski definition) is 0. The fourth-order valence-electron chi connectivity index (χ4n) is 0.537. The molecule has 0 spiro atoms. The summed E-state index contributed by atoms with van der Waals surface area (Å²) in [5.41, 5.74) is 3.28. The van der Waals surface area contributed by atoms with Gasteiger partial charge in [0.25, 0.3) is 0 Å². The molecular formula is C6H6Cl2S2. The van der Waals surface area contributed by atoms with E-state index in [4.69, 9.17) is 23.2 Å². The Morgan fingerprint density at radius 3 is 1.60 bits per heavy atom. The molecule has 1 aliphatic rings. The Morgan fingerprint density at radius 1 is 1.00 bits per heavy atom. The maximum Gasteiger partial charge on any atom is 0.0298 e. The van der Waals surface area contributed by atoms with Gasteiger partial charge in [-0.05, 0) is 0 Å². The van der Waals surface area contributed by atoms with Crippen molar-refractivity contribution in [1.82, 2.24) is 0 Å². The van der Waals surface area contributed by atoms with Gasteiger partial charge in [0.15, 0.2) is 0 Å².